The third kappa shape index (κ3) is 4.76. The van der Waals surface area contributed by atoms with Gasteiger partial charge in [0.15, 0.2) is 0 Å². The third-order valence-electron chi connectivity index (χ3n) is 6.47. The van der Waals surface area contributed by atoms with E-state index in [4.69, 9.17) is 20.2 Å². The monoisotopic (exact) mass is 483 g/mol. The van der Waals surface area contributed by atoms with Crippen LogP contribution in [-0.4, -0.2) is 52.8 Å². The van der Waals surface area contributed by atoms with Crippen LogP contribution in [0.2, 0.25) is 0 Å². The highest BCUT2D eigenvalue weighted by Crippen LogP contribution is 2.34. The predicted molar refractivity (Wildman–Crippen MR) is 141 cm³/mol. The number of nitrogens with zero attached hydrogens (tertiary/aromatic N) is 5. The minimum absolute atomic E-state index is 0.340. The van der Waals surface area contributed by atoms with Crippen LogP contribution in [0.1, 0.15) is 18.4 Å². The van der Waals surface area contributed by atoms with Gasteiger partial charge in [0.25, 0.3) is 0 Å². The summed E-state index contributed by atoms with van der Waals surface area (Å²) in [6.07, 6.45) is 6.05. The standard InChI is InChI=1S/C27H29N7O2/c1-33-17-22(21-7-6-20(14-24(21)33)36-12-11-34-9-3-4-10-34)26-18(15-28)16-30-27(32-26)31-23-13-19(29)5-8-25(23)35-2/h5-8,13-14,16-17H,3-4,9-12,29H2,1-2H3,(H,30,31,32). The van der Waals surface area contributed by atoms with Crippen molar-refractivity contribution in [1.82, 2.24) is 19.4 Å². The van der Waals surface area contributed by atoms with Gasteiger partial charge in [0.1, 0.15) is 24.2 Å². The maximum Gasteiger partial charge on any atom is 0.227 e. The Balaban J connectivity index is 1.44. The van der Waals surface area contributed by atoms with E-state index in [1.807, 2.05) is 36.0 Å². The van der Waals surface area contributed by atoms with Crippen molar-refractivity contribution in [2.45, 2.75) is 12.8 Å². The largest absolute Gasteiger partial charge is 0.495 e. The summed E-state index contributed by atoms with van der Waals surface area (Å²) in [5.74, 6) is 1.78. The van der Waals surface area contributed by atoms with Crippen molar-refractivity contribution in [3.63, 3.8) is 0 Å². The van der Waals surface area contributed by atoms with Gasteiger partial charge in [0.2, 0.25) is 5.95 Å². The Hall–Kier alpha value is -4.29. The lowest BCUT2D eigenvalue weighted by Gasteiger charge is -2.15. The number of nitriles is 1. The molecule has 0 unspecified atom stereocenters. The maximum atomic E-state index is 9.77. The Bertz CT molecular complexity index is 1430. The van der Waals surface area contributed by atoms with Gasteiger partial charge in [0.05, 0.1) is 35.8 Å². The second-order valence-electron chi connectivity index (χ2n) is 8.88. The molecule has 36 heavy (non-hydrogen) atoms. The number of methoxy groups -OCH3 is 1. The highest BCUT2D eigenvalue weighted by molar-refractivity contribution is 5.97. The topological polar surface area (TPSA) is 114 Å². The minimum Gasteiger partial charge on any atom is -0.495 e. The lowest BCUT2D eigenvalue weighted by molar-refractivity contribution is 0.238. The van der Waals surface area contributed by atoms with Crippen LogP contribution in [0.5, 0.6) is 11.5 Å². The van der Waals surface area contributed by atoms with E-state index in [0.717, 1.165) is 41.9 Å². The summed E-state index contributed by atoms with van der Waals surface area (Å²) in [6, 6.07) is 13.5. The number of nitrogens with two attached hydrogens (primary N) is 1. The molecule has 1 fully saturated rings. The molecule has 0 amide bonds. The minimum atomic E-state index is 0.340. The zero-order valence-electron chi connectivity index (χ0n) is 20.5. The second-order valence-corrected chi connectivity index (χ2v) is 8.88. The van der Waals surface area contributed by atoms with Gasteiger partial charge in [-0.25, -0.2) is 9.97 Å². The molecule has 9 nitrogen and oxygen atoms in total. The SMILES string of the molecule is COc1ccc(N)cc1Nc1ncc(C#N)c(-c2cn(C)c3cc(OCCN4CCCC4)ccc23)n1. The Morgan fingerprint density at radius 1 is 1.17 bits per heavy atom. The van der Waals surface area contributed by atoms with Crippen LogP contribution >= 0.6 is 0 Å². The fourth-order valence-electron chi connectivity index (χ4n) is 4.61. The van der Waals surface area contributed by atoms with Gasteiger partial charge in [0, 0.05) is 42.5 Å². The van der Waals surface area contributed by atoms with Crippen LogP contribution in [0.4, 0.5) is 17.3 Å². The molecule has 0 spiro atoms. The van der Waals surface area contributed by atoms with Crippen molar-refractivity contribution in [3.8, 4) is 28.8 Å². The van der Waals surface area contributed by atoms with E-state index in [1.165, 1.54) is 19.0 Å². The molecule has 3 heterocycles. The van der Waals surface area contributed by atoms with Crippen LogP contribution in [0, 0.1) is 11.3 Å². The number of rotatable bonds is 8. The number of anilines is 3. The van der Waals surface area contributed by atoms with Gasteiger partial charge >= 0.3 is 0 Å². The number of nitrogens with one attached hydrogen (secondary N) is 1. The van der Waals surface area contributed by atoms with E-state index in [0.29, 0.717) is 40.9 Å². The summed E-state index contributed by atoms with van der Waals surface area (Å²) in [6.45, 7) is 3.92. The molecule has 0 aliphatic carbocycles. The number of hydrogen-bond acceptors (Lipinski definition) is 8. The molecule has 2 aromatic heterocycles. The lowest BCUT2D eigenvalue weighted by atomic mass is 10.1. The summed E-state index contributed by atoms with van der Waals surface area (Å²) in [7, 11) is 3.56. The first-order chi connectivity index (χ1) is 17.6. The van der Waals surface area contributed by atoms with E-state index >= 15 is 0 Å². The molecule has 0 bridgehead atoms. The summed E-state index contributed by atoms with van der Waals surface area (Å²) in [5, 5.41) is 13.9. The molecule has 184 valence electrons. The van der Waals surface area contributed by atoms with Gasteiger partial charge in [-0.15, -0.1) is 0 Å². The fraction of sp³-hybridized carbons (Fsp3) is 0.296. The summed E-state index contributed by atoms with van der Waals surface area (Å²) >= 11 is 0. The number of likely N-dealkylation sites (tertiary alicyclic amines) is 1. The molecule has 0 saturated carbocycles. The van der Waals surface area contributed by atoms with Crippen molar-refractivity contribution in [1.29, 1.82) is 5.26 Å². The van der Waals surface area contributed by atoms with E-state index < -0.39 is 0 Å². The first-order valence-corrected chi connectivity index (χ1v) is 12.0. The quantitative estimate of drug-likeness (QED) is 0.356. The van der Waals surface area contributed by atoms with Gasteiger partial charge in [-0.1, -0.05) is 0 Å². The number of aryl methyl sites for hydroxylation is 1. The fourth-order valence-corrected chi connectivity index (χ4v) is 4.61. The van der Waals surface area contributed by atoms with E-state index in [1.54, 1.807) is 25.3 Å². The molecular weight excluding hydrogens is 454 g/mol. The first kappa shape index (κ1) is 23.5. The van der Waals surface area contributed by atoms with E-state index in [-0.39, 0.29) is 0 Å². The molecule has 5 rings (SSSR count). The Morgan fingerprint density at radius 2 is 2.00 bits per heavy atom. The lowest BCUT2D eigenvalue weighted by Crippen LogP contribution is -2.25. The maximum absolute atomic E-state index is 9.77. The zero-order valence-corrected chi connectivity index (χ0v) is 20.5. The molecule has 2 aromatic carbocycles. The summed E-state index contributed by atoms with van der Waals surface area (Å²) in [5.41, 5.74) is 9.95. The second kappa shape index (κ2) is 10.1. The molecule has 1 aliphatic rings. The zero-order chi connectivity index (χ0) is 25.1. The van der Waals surface area contributed by atoms with Crippen LogP contribution in [0.3, 0.4) is 0 Å². The van der Waals surface area contributed by atoms with Crippen LogP contribution in [-0.2, 0) is 7.05 Å². The van der Waals surface area contributed by atoms with Gasteiger partial charge in [-0.3, -0.25) is 4.90 Å². The molecule has 0 atom stereocenters. The first-order valence-electron chi connectivity index (χ1n) is 12.0. The van der Waals surface area contributed by atoms with Crippen LogP contribution < -0.4 is 20.5 Å². The number of benzene rings is 2. The molecular formula is C27H29N7O2. The number of fused-ring (bicyclic) bond motifs is 1. The normalized spacial score (nSPS) is 13.6. The smallest absolute Gasteiger partial charge is 0.227 e. The van der Waals surface area contributed by atoms with Crippen molar-refractivity contribution in [2.75, 3.05) is 44.4 Å². The van der Waals surface area contributed by atoms with Crippen molar-refractivity contribution in [2.24, 2.45) is 7.05 Å². The van der Waals surface area contributed by atoms with E-state index in [2.05, 4.69) is 21.3 Å². The molecule has 0 radical (unpaired) electrons. The summed E-state index contributed by atoms with van der Waals surface area (Å²) < 4.78 is 13.5. The van der Waals surface area contributed by atoms with Crippen molar-refractivity contribution >= 4 is 28.2 Å². The van der Waals surface area contributed by atoms with Gasteiger partial charge in [-0.05, 0) is 56.3 Å². The molecule has 1 saturated heterocycles. The Labute approximate surface area is 210 Å². The Kier molecular flexibility index (Phi) is 6.60. The van der Waals surface area contributed by atoms with Crippen molar-refractivity contribution in [3.05, 3.63) is 54.4 Å². The van der Waals surface area contributed by atoms with Gasteiger partial charge < -0.3 is 25.1 Å². The highest BCUT2D eigenvalue weighted by Gasteiger charge is 2.17. The van der Waals surface area contributed by atoms with Crippen molar-refractivity contribution < 1.29 is 9.47 Å². The third-order valence-corrected chi connectivity index (χ3v) is 6.47. The number of nitrogen functional groups attached to an aromatic ring is 1. The van der Waals surface area contributed by atoms with Crippen LogP contribution in [0.25, 0.3) is 22.2 Å². The Morgan fingerprint density at radius 3 is 2.78 bits per heavy atom. The molecule has 4 aromatic rings. The number of ether oxygens (including phenoxy) is 2. The summed E-state index contributed by atoms with van der Waals surface area (Å²) in [4.78, 5) is 11.5. The average molecular weight is 484 g/mol. The van der Waals surface area contributed by atoms with Crippen LogP contribution in [0.15, 0.2) is 48.8 Å². The number of aromatic nitrogens is 3. The average Bonchev–Trinajstić information content (AvgIpc) is 3.52. The molecule has 3 N–H and O–H groups in total. The highest BCUT2D eigenvalue weighted by atomic mass is 16.5. The van der Waals surface area contributed by atoms with E-state index in [9.17, 15) is 5.26 Å². The van der Waals surface area contributed by atoms with Gasteiger partial charge in [-0.2, -0.15) is 5.26 Å². The predicted octanol–water partition coefficient (Wildman–Crippen LogP) is 4.32. The number of hydrogen-bond donors (Lipinski definition) is 2. The molecule has 1 aliphatic heterocycles. The molecule has 9 heteroatoms.